The Morgan fingerprint density at radius 3 is 1.52 bits per heavy atom. The van der Waals surface area contributed by atoms with Crippen molar-refractivity contribution in [2.24, 2.45) is 0 Å². The van der Waals surface area contributed by atoms with Gasteiger partial charge >= 0.3 is 11.9 Å². The summed E-state index contributed by atoms with van der Waals surface area (Å²) < 4.78 is 0. The summed E-state index contributed by atoms with van der Waals surface area (Å²) in [6, 6.07) is 9.31. The molecule has 2 rings (SSSR count). The molecule has 0 bridgehead atoms. The summed E-state index contributed by atoms with van der Waals surface area (Å²) in [7, 11) is 0. The molecule has 6 nitrogen and oxygen atoms in total. The van der Waals surface area contributed by atoms with Crippen LogP contribution in [-0.4, -0.2) is 22.2 Å². The fraction of sp³-hybridized carbons (Fsp3) is 0. The quantitative estimate of drug-likeness (QED) is 0.639. The van der Waals surface area contributed by atoms with Crippen LogP contribution in [0, 0.1) is 0 Å². The fourth-order valence-corrected chi connectivity index (χ4v) is 2.99. The number of carbonyl (C=O) groups is 2. The van der Waals surface area contributed by atoms with Gasteiger partial charge in [0.05, 0.1) is 11.1 Å². The molecule has 0 amide bonds. The number of anilines is 2. The zero-order valence-corrected chi connectivity index (χ0v) is 11.6. The molecule has 21 heavy (non-hydrogen) atoms. The zero-order valence-electron chi connectivity index (χ0n) is 10.7. The zero-order chi connectivity index (χ0) is 15.6. The van der Waals surface area contributed by atoms with Gasteiger partial charge in [0.2, 0.25) is 0 Å². The summed E-state index contributed by atoms with van der Waals surface area (Å²) in [5.41, 5.74) is 11.5. The van der Waals surface area contributed by atoms with E-state index < -0.39 is 11.9 Å². The Bertz CT molecular complexity index is 669. The molecule has 0 atom stereocenters. The highest BCUT2D eigenvalue weighted by molar-refractivity contribution is 7.99. The Morgan fingerprint density at radius 2 is 1.19 bits per heavy atom. The molecule has 0 saturated carbocycles. The Morgan fingerprint density at radius 1 is 0.810 bits per heavy atom. The van der Waals surface area contributed by atoms with E-state index in [2.05, 4.69) is 0 Å². The molecule has 7 heteroatoms. The highest BCUT2D eigenvalue weighted by atomic mass is 32.2. The van der Waals surface area contributed by atoms with Gasteiger partial charge in [0.1, 0.15) is 0 Å². The number of aromatic carboxylic acids is 2. The SMILES string of the molecule is Nc1cccc(Sc2cccc(N)c2C(=O)O)c1C(=O)O. The molecule has 0 spiro atoms. The maximum absolute atomic E-state index is 11.3. The third-order valence-corrected chi connectivity index (χ3v) is 3.88. The largest absolute Gasteiger partial charge is 0.478 e. The van der Waals surface area contributed by atoms with Gasteiger partial charge < -0.3 is 21.7 Å². The molecule has 0 saturated heterocycles. The molecule has 108 valence electrons. The highest BCUT2D eigenvalue weighted by Gasteiger charge is 2.19. The number of nitrogen functional groups attached to an aromatic ring is 2. The van der Waals surface area contributed by atoms with Gasteiger partial charge in [-0.15, -0.1) is 0 Å². The minimum absolute atomic E-state index is 0.0544. The van der Waals surface area contributed by atoms with Gasteiger partial charge in [-0.05, 0) is 24.3 Å². The van der Waals surface area contributed by atoms with Crippen LogP contribution in [0.1, 0.15) is 20.7 Å². The summed E-state index contributed by atoms with van der Waals surface area (Å²) in [6.07, 6.45) is 0. The van der Waals surface area contributed by atoms with Crippen molar-refractivity contribution < 1.29 is 19.8 Å². The van der Waals surface area contributed by atoms with E-state index in [-0.39, 0.29) is 22.5 Å². The summed E-state index contributed by atoms with van der Waals surface area (Å²) >= 11 is 1.00. The van der Waals surface area contributed by atoms with Gasteiger partial charge in [-0.3, -0.25) is 0 Å². The minimum atomic E-state index is -1.17. The molecule has 2 aromatic rings. The van der Waals surface area contributed by atoms with Crippen molar-refractivity contribution in [1.29, 1.82) is 0 Å². The van der Waals surface area contributed by atoms with E-state index in [4.69, 9.17) is 11.5 Å². The standard InChI is InChI=1S/C14H12N2O4S/c15-7-3-1-5-9(11(7)13(17)18)21-10-6-2-4-8(16)12(10)14(19)20/h1-6H,15-16H2,(H,17,18)(H,19,20). The van der Waals surface area contributed by atoms with E-state index in [1.807, 2.05) is 0 Å². The summed E-state index contributed by atoms with van der Waals surface area (Å²) in [4.78, 5) is 23.3. The monoisotopic (exact) mass is 304 g/mol. The van der Waals surface area contributed by atoms with Crippen LogP contribution in [0.15, 0.2) is 46.2 Å². The lowest BCUT2D eigenvalue weighted by atomic mass is 10.2. The fourth-order valence-electron chi connectivity index (χ4n) is 1.84. The normalized spacial score (nSPS) is 10.3. The molecule has 0 aliphatic carbocycles. The molecule has 0 unspecified atom stereocenters. The number of rotatable bonds is 4. The van der Waals surface area contributed by atoms with Gasteiger partial charge in [0.25, 0.3) is 0 Å². The topological polar surface area (TPSA) is 127 Å². The number of carboxylic acid groups (broad SMARTS) is 2. The molecule has 6 N–H and O–H groups in total. The highest BCUT2D eigenvalue weighted by Crippen LogP contribution is 2.36. The molecule has 0 fully saturated rings. The second-order valence-electron chi connectivity index (χ2n) is 4.15. The number of hydrogen-bond donors (Lipinski definition) is 4. The molecular formula is C14H12N2O4S. The summed E-state index contributed by atoms with van der Waals surface area (Å²) in [6.45, 7) is 0. The van der Waals surface area contributed by atoms with E-state index in [1.54, 1.807) is 24.3 Å². The second-order valence-corrected chi connectivity index (χ2v) is 5.24. The van der Waals surface area contributed by atoms with Crippen molar-refractivity contribution >= 4 is 35.1 Å². The van der Waals surface area contributed by atoms with Crippen LogP contribution in [0.5, 0.6) is 0 Å². The average Bonchev–Trinajstić information content (AvgIpc) is 2.37. The Labute approximate surface area is 124 Å². The van der Waals surface area contributed by atoms with Crippen molar-refractivity contribution in [3.8, 4) is 0 Å². The smallest absolute Gasteiger partial charge is 0.338 e. The van der Waals surface area contributed by atoms with Gasteiger partial charge in [-0.1, -0.05) is 23.9 Å². The van der Waals surface area contributed by atoms with Crippen LogP contribution in [0.3, 0.4) is 0 Å². The lowest BCUT2D eigenvalue weighted by Crippen LogP contribution is -2.06. The van der Waals surface area contributed by atoms with Crippen molar-refractivity contribution in [2.75, 3.05) is 11.5 Å². The number of benzene rings is 2. The Balaban J connectivity index is 2.54. The molecule has 0 aliphatic rings. The lowest BCUT2D eigenvalue weighted by molar-refractivity contribution is 0.0684. The van der Waals surface area contributed by atoms with E-state index in [0.29, 0.717) is 9.79 Å². The molecule has 0 radical (unpaired) electrons. The predicted molar refractivity (Wildman–Crippen MR) is 79.8 cm³/mol. The average molecular weight is 304 g/mol. The molecule has 0 aliphatic heterocycles. The lowest BCUT2D eigenvalue weighted by Gasteiger charge is -2.11. The maximum atomic E-state index is 11.3. The van der Waals surface area contributed by atoms with E-state index in [1.165, 1.54) is 12.1 Å². The van der Waals surface area contributed by atoms with Crippen LogP contribution in [0.25, 0.3) is 0 Å². The third kappa shape index (κ3) is 2.92. The number of carboxylic acids is 2. The van der Waals surface area contributed by atoms with Crippen LogP contribution in [0.4, 0.5) is 11.4 Å². The van der Waals surface area contributed by atoms with Crippen LogP contribution >= 0.6 is 11.8 Å². The van der Waals surface area contributed by atoms with Gasteiger partial charge in [0.15, 0.2) is 0 Å². The summed E-state index contributed by atoms with van der Waals surface area (Å²) in [5.74, 6) is -2.34. The first kappa shape index (κ1) is 14.7. The number of hydrogen-bond acceptors (Lipinski definition) is 5. The van der Waals surface area contributed by atoms with Crippen molar-refractivity contribution in [2.45, 2.75) is 9.79 Å². The van der Waals surface area contributed by atoms with E-state index >= 15 is 0 Å². The first-order valence-electron chi connectivity index (χ1n) is 5.83. The molecular weight excluding hydrogens is 292 g/mol. The molecule has 0 heterocycles. The van der Waals surface area contributed by atoms with Crippen molar-refractivity contribution in [1.82, 2.24) is 0 Å². The van der Waals surface area contributed by atoms with Gasteiger partial charge in [-0.25, -0.2) is 9.59 Å². The minimum Gasteiger partial charge on any atom is -0.478 e. The number of nitrogens with two attached hydrogens (primary N) is 2. The van der Waals surface area contributed by atoms with E-state index in [0.717, 1.165) is 11.8 Å². The van der Waals surface area contributed by atoms with Gasteiger partial charge in [-0.2, -0.15) is 0 Å². The van der Waals surface area contributed by atoms with E-state index in [9.17, 15) is 19.8 Å². The van der Waals surface area contributed by atoms with Crippen LogP contribution in [0.2, 0.25) is 0 Å². The summed E-state index contributed by atoms with van der Waals surface area (Å²) in [5, 5.41) is 18.4. The van der Waals surface area contributed by atoms with Gasteiger partial charge in [0, 0.05) is 21.2 Å². The predicted octanol–water partition coefficient (Wildman–Crippen LogP) is 2.40. The van der Waals surface area contributed by atoms with Crippen molar-refractivity contribution in [3.05, 3.63) is 47.5 Å². The first-order valence-corrected chi connectivity index (χ1v) is 6.65. The maximum Gasteiger partial charge on any atom is 0.338 e. The van der Waals surface area contributed by atoms with Crippen molar-refractivity contribution in [3.63, 3.8) is 0 Å². The molecule has 2 aromatic carbocycles. The first-order chi connectivity index (χ1) is 9.91. The molecule has 0 aromatic heterocycles. The Hall–Kier alpha value is -2.67. The Kier molecular flexibility index (Phi) is 4.04. The van der Waals surface area contributed by atoms with Crippen LogP contribution in [-0.2, 0) is 0 Å². The van der Waals surface area contributed by atoms with Crippen LogP contribution < -0.4 is 11.5 Å². The third-order valence-electron chi connectivity index (χ3n) is 2.76. The second kappa shape index (κ2) is 5.76.